The van der Waals surface area contributed by atoms with Gasteiger partial charge in [0.15, 0.2) is 11.4 Å². The Morgan fingerprint density at radius 3 is 2.69 bits per heavy atom. The first-order valence-electron chi connectivity index (χ1n) is 8.87. The van der Waals surface area contributed by atoms with Gasteiger partial charge in [-0.05, 0) is 37.1 Å². The Morgan fingerprint density at radius 2 is 1.85 bits per heavy atom. The predicted molar refractivity (Wildman–Crippen MR) is 97.1 cm³/mol. The first kappa shape index (κ1) is 15.1. The maximum atomic E-state index is 12.8. The molecule has 1 fully saturated rings. The molecule has 4 aromatic rings. The van der Waals surface area contributed by atoms with E-state index in [9.17, 15) is 4.79 Å². The van der Waals surface area contributed by atoms with Crippen molar-refractivity contribution in [2.24, 2.45) is 0 Å². The predicted octanol–water partition coefficient (Wildman–Crippen LogP) is 3.50. The lowest BCUT2D eigenvalue weighted by Crippen LogP contribution is -2.38. The van der Waals surface area contributed by atoms with Crippen LogP contribution in [0.2, 0.25) is 0 Å². The van der Waals surface area contributed by atoms with Crippen LogP contribution in [0, 0.1) is 0 Å². The number of carbonyl (C=O) groups excluding carboxylic acids is 1. The molecule has 1 aliphatic heterocycles. The van der Waals surface area contributed by atoms with Crippen LogP contribution < -0.4 is 0 Å². The second kappa shape index (κ2) is 5.98. The number of carbonyl (C=O) groups is 1. The van der Waals surface area contributed by atoms with Crippen LogP contribution in [0.5, 0.6) is 0 Å². The molecule has 26 heavy (non-hydrogen) atoms. The summed E-state index contributed by atoms with van der Waals surface area (Å²) < 4.78 is 7.77. The summed E-state index contributed by atoms with van der Waals surface area (Å²) in [7, 11) is 0. The minimum Gasteiger partial charge on any atom is -0.451 e. The summed E-state index contributed by atoms with van der Waals surface area (Å²) in [6, 6.07) is 15.4. The molecule has 0 aliphatic carbocycles. The van der Waals surface area contributed by atoms with Gasteiger partial charge < -0.3 is 9.32 Å². The summed E-state index contributed by atoms with van der Waals surface area (Å²) >= 11 is 0. The summed E-state index contributed by atoms with van der Waals surface area (Å²) in [6.45, 7) is 1.39. The number of pyridine rings is 1. The second-order valence-electron chi connectivity index (χ2n) is 6.70. The molecule has 0 bridgehead atoms. The number of piperidine rings is 1. The molecule has 6 heteroatoms. The van der Waals surface area contributed by atoms with Crippen LogP contribution in [0.4, 0.5) is 0 Å². The lowest BCUT2D eigenvalue weighted by molar-refractivity contribution is 0.0681. The van der Waals surface area contributed by atoms with Crippen LogP contribution in [0.1, 0.15) is 35.1 Å². The SMILES string of the molecule is O=C(c1cc2ccccc2o1)N1CCC(c2nnc3ccccn23)CC1. The van der Waals surface area contributed by atoms with Crippen LogP contribution in [0.15, 0.2) is 59.1 Å². The van der Waals surface area contributed by atoms with Crippen molar-refractivity contribution in [3.8, 4) is 0 Å². The van der Waals surface area contributed by atoms with Crippen LogP contribution in [0.3, 0.4) is 0 Å². The number of amides is 1. The standard InChI is InChI=1S/C20H18N4O2/c25-20(17-13-15-5-1-2-6-16(15)26-17)23-11-8-14(9-12-23)19-22-21-18-7-3-4-10-24(18)19/h1-7,10,13-14H,8-9,11-12H2. The zero-order chi connectivity index (χ0) is 17.5. The highest BCUT2D eigenvalue weighted by Gasteiger charge is 2.28. The van der Waals surface area contributed by atoms with Gasteiger partial charge in [-0.3, -0.25) is 9.20 Å². The van der Waals surface area contributed by atoms with Crippen LogP contribution in [-0.2, 0) is 0 Å². The van der Waals surface area contributed by atoms with Gasteiger partial charge in [0, 0.05) is 30.6 Å². The smallest absolute Gasteiger partial charge is 0.289 e. The molecular formula is C20H18N4O2. The minimum absolute atomic E-state index is 0.0363. The fourth-order valence-corrected chi connectivity index (χ4v) is 3.72. The van der Waals surface area contributed by atoms with Crippen molar-refractivity contribution < 1.29 is 9.21 Å². The quantitative estimate of drug-likeness (QED) is 0.557. The maximum Gasteiger partial charge on any atom is 0.289 e. The molecule has 5 rings (SSSR count). The van der Waals surface area contributed by atoms with E-state index < -0.39 is 0 Å². The minimum atomic E-state index is -0.0363. The van der Waals surface area contributed by atoms with Gasteiger partial charge in [0.1, 0.15) is 11.4 Å². The average molecular weight is 346 g/mol. The molecule has 1 aliphatic rings. The molecular weight excluding hydrogens is 328 g/mol. The molecule has 4 heterocycles. The molecule has 0 saturated carbocycles. The van der Waals surface area contributed by atoms with Crippen molar-refractivity contribution in [2.45, 2.75) is 18.8 Å². The van der Waals surface area contributed by atoms with Crippen molar-refractivity contribution in [2.75, 3.05) is 13.1 Å². The van der Waals surface area contributed by atoms with Crippen molar-refractivity contribution >= 4 is 22.5 Å². The zero-order valence-corrected chi connectivity index (χ0v) is 14.2. The van der Waals surface area contributed by atoms with E-state index in [0.29, 0.717) is 24.8 Å². The number of likely N-dealkylation sites (tertiary alicyclic amines) is 1. The average Bonchev–Trinajstić information content (AvgIpc) is 3.32. The monoisotopic (exact) mass is 346 g/mol. The Kier molecular flexibility index (Phi) is 3.48. The van der Waals surface area contributed by atoms with Gasteiger partial charge in [-0.25, -0.2) is 0 Å². The molecule has 1 saturated heterocycles. The fraction of sp³-hybridized carbons (Fsp3) is 0.250. The van der Waals surface area contributed by atoms with Gasteiger partial charge in [-0.15, -0.1) is 10.2 Å². The van der Waals surface area contributed by atoms with E-state index in [4.69, 9.17) is 4.42 Å². The Balaban J connectivity index is 1.33. The molecule has 0 atom stereocenters. The number of hydrogen-bond acceptors (Lipinski definition) is 4. The Morgan fingerprint density at radius 1 is 1.04 bits per heavy atom. The third-order valence-electron chi connectivity index (χ3n) is 5.12. The molecule has 1 aromatic carbocycles. The van der Waals surface area contributed by atoms with Gasteiger partial charge in [-0.2, -0.15) is 0 Å². The zero-order valence-electron chi connectivity index (χ0n) is 14.2. The number of fused-ring (bicyclic) bond motifs is 2. The number of rotatable bonds is 2. The second-order valence-corrected chi connectivity index (χ2v) is 6.70. The lowest BCUT2D eigenvalue weighted by Gasteiger charge is -2.30. The Bertz CT molecular complexity index is 1060. The summed E-state index contributed by atoms with van der Waals surface area (Å²) in [5.74, 6) is 1.67. The number of aromatic nitrogens is 3. The molecule has 0 spiro atoms. The van der Waals surface area contributed by atoms with Crippen LogP contribution in [0.25, 0.3) is 16.6 Å². The van der Waals surface area contributed by atoms with Gasteiger partial charge in [0.2, 0.25) is 0 Å². The Labute approximate surface area is 150 Å². The van der Waals surface area contributed by atoms with Gasteiger partial charge in [0.05, 0.1) is 0 Å². The molecule has 3 aromatic heterocycles. The summed E-state index contributed by atoms with van der Waals surface area (Å²) in [5.41, 5.74) is 1.61. The number of benzene rings is 1. The number of para-hydroxylation sites is 1. The molecule has 0 N–H and O–H groups in total. The summed E-state index contributed by atoms with van der Waals surface area (Å²) in [4.78, 5) is 14.6. The summed E-state index contributed by atoms with van der Waals surface area (Å²) in [6.07, 6.45) is 3.75. The van der Waals surface area contributed by atoms with E-state index in [1.807, 2.05) is 64.0 Å². The van der Waals surface area contributed by atoms with E-state index in [0.717, 1.165) is 35.3 Å². The topological polar surface area (TPSA) is 63.6 Å². The maximum absolute atomic E-state index is 12.8. The van der Waals surface area contributed by atoms with E-state index in [-0.39, 0.29) is 5.91 Å². The number of nitrogens with zero attached hydrogens (tertiary/aromatic N) is 4. The third kappa shape index (κ3) is 2.45. The van der Waals surface area contributed by atoms with Crippen molar-refractivity contribution in [1.29, 1.82) is 0 Å². The third-order valence-corrected chi connectivity index (χ3v) is 5.12. The van der Waals surface area contributed by atoms with Crippen molar-refractivity contribution in [1.82, 2.24) is 19.5 Å². The number of furan rings is 1. The van der Waals surface area contributed by atoms with Gasteiger partial charge in [-0.1, -0.05) is 24.3 Å². The van der Waals surface area contributed by atoms with Crippen LogP contribution in [-0.4, -0.2) is 38.5 Å². The molecule has 0 radical (unpaired) electrons. The Hall–Kier alpha value is -3.15. The van der Waals surface area contributed by atoms with Crippen molar-refractivity contribution in [3.63, 3.8) is 0 Å². The highest BCUT2D eigenvalue weighted by molar-refractivity contribution is 5.96. The first-order valence-corrected chi connectivity index (χ1v) is 8.87. The fourth-order valence-electron chi connectivity index (χ4n) is 3.72. The number of hydrogen-bond donors (Lipinski definition) is 0. The normalized spacial score (nSPS) is 15.8. The first-order chi connectivity index (χ1) is 12.8. The van der Waals surface area contributed by atoms with Gasteiger partial charge in [0.25, 0.3) is 5.91 Å². The van der Waals surface area contributed by atoms with Gasteiger partial charge >= 0.3 is 0 Å². The van der Waals surface area contributed by atoms with E-state index in [2.05, 4.69) is 10.2 Å². The highest BCUT2D eigenvalue weighted by Crippen LogP contribution is 2.28. The highest BCUT2D eigenvalue weighted by atomic mass is 16.3. The summed E-state index contributed by atoms with van der Waals surface area (Å²) in [5, 5.41) is 9.56. The lowest BCUT2D eigenvalue weighted by atomic mass is 9.96. The molecule has 0 unspecified atom stereocenters. The molecule has 130 valence electrons. The molecule has 1 amide bonds. The van der Waals surface area contributed by atoms with E-state index in [1.54, 1.807) is 0 Å². The molecule has 6 nitrogen and oxygen atoms in total. The van der Waals surface area contributed by atoms with Crippen LogP contribution >= 0.6 is 0 Å². The van der Waals surface area contributed by atoms with Crippen molar-refractivity contribution in [3.05, 3.63) is 66.3 Å². The van der Waals surface area contributed by atoms with E-state index >= 15 is 0 Å². The van der Waals surface area contributed by atoms with E-state index in [1.165, 1.54) is 0 Å². The largest absolute Gasteiger partial charge is 0.451 e.